The summed E-state index contributed by atoms with van der Waals surface area (Å²) in [4.78, 5) is 24.7. The van der Waals surface area contributed by atoms with E-state index in [0.717, 1.165) is 11.1 Å². The number of aromatic nitrogens is 1. The van der Waals surface area contributed by atoms with Gasteiger partial charge < -0.3 is 15.2 Å². The number of pyridine rings is 1. The van der Waals surface area contributed by atoms with Crippen LogP contribution in [0.15, 0.2) is 85.2 Å². The Morgan fingerprint density at radius 2 is 1.60 bits per heavy atom. The van der Waals surface area contributed by atoms with Crippen molar-refractivity contribution in [3.05, 3.63) is 102 Å². The number of aliphatic hydroxyl groups excluding tert-OH is 1. The van der Waals surface area contributed by atoms with Crippen LogP contribution in [0.3, 0.4) is 0 Å². The van der Waals surface area contributed by atoms with E-state index in [0.29, 0.717) is 12.0 Å². The molecule has 3 rings (SSSR count). The number of esters is 1. The zero-order chi connectivity index (χ0) is 21.2. The minimum absolute atomic E-state index is 0.00139. The van der Waals surface area contributed by atoms with Gasteiger partial charge in [-0.15, -0.1) is 0 Å². The second-order valence-corrected chi connectivity index (χ2v) is 6.95. The molecule has 0 unspecified atom stereocenters. The average molecular weight is 405 g/mol. The molecule has 1 heterocycles. The molecule has 6 nitrogen and oxygen atoms in total. The predicted molar refractivity (Wildman–Crippen MR) is 111 cm³/mol. The standard InChI is InChI=1S/C24H24N2O4/c27-17-22(14-19-8-3-1-4-9-19)25-24(29)21-12-7-13-26(15-21)16-23(28)30-18-20-10-5-2-6-11-20/h1-13,15,22,27H,14,16-18H2/p+1/t22-/m0/s1. The summed E-state index contributed by atoms with van der Waals surface area (Å²) in [5.41, 5.74) is 2.35. The molecule has 1 amide bonds. The molecular formula is C24H25N2O4+. The quantitative estimate of drug-likeness (QED) is 0.422. The number of aliphatic hydroxyl groups is 1. The summed E-state index contributed by atoms with van der Waals surface area (Å²) in [5.74, 6) is -0.698. The largest absolute Gasteiger partial charge is 0.456 e. The lowest BCUT2D eigenvalue weighted by atomic mass is 10.1. The summed E-state index contributed by atoms with van der Waals surface area (Å²) in [6.07, 6.45) is 3.83. The molecule has 0 radical (unpaired) electrons. The molecule has 6 heteroatoms. The van der Waals surface area contributed by atoms with Gasteiger partial charge in [-0.05, 0) is 23.6 Å². The Morgan fingerprint density at radius 3 is 2.27 bits per heavy atom. The molecule has 2 aromatic carbocycles. The molecule has 0 saturated heterocycles. The minimum atomic E-state index is -0.399. The van der Waals surface area contributed by atoms with Gasteiger partial charge in [-0.25, -0.2) is 4.79 Å². The van der Waals surface area contributed by atoms with Gasteiger partial charge >= 0.3 is 5.97 Å². The van der Waals surface area contributed by atoms with Crippen LogP contribution in [0, 0.1) is 0 Å². The zero-order valence-corrected chi connectivity index (χ0v) is 16.6. The Morgan fingerprint density at radius 1 is 0.933 bits per heavy atom. The summed E-state index contributed by atoms with van der Waals surface area (Å²) in [7, 11) is 0. The first-order valence-corrected chi connectivity index (χ1v) is 9.78. The van der Waals surface area contributed by atoms with Crippen LogP contribution in [-0.4, -0.2) is 29.6 Å². The molecule has 0 aliphatic carbocycles. The Hall–Kier alpha value is -3.51. The topological polar surface area (TPSA) is 79.5 Å². The van der Waals surface area contributed by atoms with E-state index in [1.807, 2.05) is 60.7 Å². The maximum Gasteiger partial charge on any atom is 0.373 e. The molecule has 0 fully saturated rings. The van der Waals surface area contributed by atoms with Gasteiger partial charge in [0.1, 0.15) is 12.2 Å². The minimum Gasteiger partial charge on any atom is -0.456 e. The van der Waals surface area contributed by atoms with Crippen LogP contribution in [0.4, 0.5) is 0 Å². The van der Waals surface area contributed by atoms with E-state index in [1.165, 1.54) is 0 Å². The number of ether oxygens (including phenoxy) is 1. The third kappa shape index (κ3) is 6.53. The molecule has 0 saturated carbocycles. The predicted octanol–water partition coefficient (Wildman–Crippen LogP) is 2.05. The van der Waals surface area contributed by atoms with Crippen molar-refractivity contribution in [2.75, 3.05) is 6.61 Å². The third-order valence-corrected chi connectivity index (χ3v) is 4.56. The SMILES string of the molecule is O=C(C[n+]1cccc(C(=O)N[C@H](CO)Cc2ccccc2)c1)OCc1ccccc1. The van der Waals surface area contributed by atoms with Crippen LogP contribution in [-0.2, 0) is 29.1 Å². The highest BCUT2D eigenvalue weighted by Crippen LogP contribution is 2.05. The van der Waals surface area contributed by atoms with Crippen molar-refractivity contribution >= 4 is 11.9 Å². The summed E-state index contributed by atoms with van der Waals surface area (Å²) < 4.78 is 6.89. The summed E-state index contributed by atoms with van der Waals surface area (Å²) in [5, 5.41) is 12.5. The number of carbonyl (C=O) groups is 2. The number of benzene rings is 2. The van der Waals surface area contributed by atoms with Crippen LogP contribution in [0.1, 0.15) is 21.5 Å². The second kappa shape index (κ2) is 10.9. The van der Waals surface area contributed by atoms with Gasteiger partial charge in [0.05, 0.1) is 12.6 Å². The molecule has 0 aliphatic heterocycles. The monoisotopic (exact) mass is 405 g/mol. The normalized spacial score (nSPS) is 11.5. The maximum atomic E-state index is 12.6. The van der Waals surface area contributed by atoms with E-state index in [4.69, 9.17) is 4.74 Å². The molecule has 0 bridgehead atoms. The van der Waals surface area contributed by atoms with E-state index in [2.05, 4.69) is 5.32 Å². The summed E-state index contributed by atoms with van der Waals surface area (Å²) in [6.45, 7) is 0.0404. The van der Waals surface area contributed by atoms with Gasteiger partial charge in [0, 0.05) is 6.07 Å². The van der Waals surface area contributed by atoms with Crippen LogP contribution >= 0.6 is 0 Å². The van der Waals surface area contributed by atoms with Crippen molar-refractivity contribution in [2.45, 2.75) is 25.6 Å². The molecule has 30 heavy (non-hydrogen) atoms. The number of rotatable bonds is 9. The smallest absolute Gasteiger partial charge is 0.373 e. The van der Waals surface area contributed by atoms with Crippen molar-refractivity contribution in [2.24, 2.45) is 0 Å². The van der Waals surface area contributed by atoms with E-state index in [9.17, 15) is 14.7 Å². The molecule has 0 spiro atoms. The van der Waals surface area contributed by atoms with Gasteiger partial charge in [0.15, 0.2) is 12.4 Å². The lowest BCUT2D eigenvalue weighted by molar-refractivity contribution is -0.686. The number of amides is 1. The third-order valence-electron chi connectivity index (χ3n) is 4.56. The molecule has 154 valence electrons. The van der Waals surface area contributed by atoms with Crippen LogP contribution in [0.5, 0.6) is 0 Å². The fourth-order valence-corrected chi connectivity index (χ4v) is 3.02. The molecule has 1 aromatic heterocycles. The Balaban J connectivity index is 1.55. The maximum absolute atomic E-state index is 12.6. The Labute approximate surface area is 175 Å². The fraction of sp³-hybridized carbons (Fsp3) is 0.208. The molecule has 1 atom stereocenters. The van der Waals surface area contributed by atoms with E-state index < -0.39 is 12.0 Å². The first kappa shape index (κ1) is 21.2. The highest BCUT2D eigenvalue weighted by molar-refractivity contribution is 5.93. The van der Waals surface area contributed by atoms with Crippen LogP contribution in [0.2, 0.25) is 0 Å². The first-order valence-electron chi connectivity index (χ1n) is 9.78. The van der Waals surface area contributed by atoms with Crippen molar-refractivity contribution in [1.29, 1.82) is 0 Å². The van der Waals surface area contributed by atoms with Crippen molar-refractivity contribution < 1.29 is 24.0 Å². The number of nitrogens with one attached hydrogen (secondary N) is 1. The van der Waals surface area contributed by atoms with Crippen molar-refractivity contribution in [1.82, 2.24) is 5.32 Å². The molecular weight excluding hydrogens is 380 g/mol. The van der Waals surface area contributed by atoms with Gasteiger partial charge in [0.2, 0.25) is 6.54 Å². The van der Waals surface area contributed by atoms with Crippen molar-refractivity contribution in [3.8, 4) is 0 Å². The number of hydrogen-bond acceptors (Lipinski definition) is 4. The fourth-order valence-electron chi connectivity index (χ4n) is 3.02. The van der Waals surface area contributed by atoms with Crippen molar-refractivity contribution in [3.63, 3.8) is 0 Å². The van der Waals surface area contributed by atoms with E-state index in [1.54, 1.807) is 29.1 Å². The summed E-state index contributed by atoms with van der Waals surface area (Å²) in [6, 6.07) is 22.1. The van der Waals surface area contributed by atoms with Gasteiger partial charge in [-0.2, -0.15) is 4.57 Å². The van der Waals surface area contributed by atoms with Crippen LogP contribution in [0.25, 0.3) is 0 Å². The lowest BCUT2D eigenvalue weighted by Gasteiger charge is -2.16. The molecule has 2 N–H and O–H groups in total. The van der Waals surface area contributed by atoms with Gasteiger partial charge in [-0.3, -0.25) is 4.79 Å². The Bertz CT molecular complexity index is 961. The lowest BCUT2D eigenvalue weighted by Crippen LogP contribution is -2.42. The highest BCUT2D eigenvalue weighted by atomic mass is 16.5. The second-order valence-electron chi connectivity index (χ2n) is 6.95. The molecule has 0 aliphatic rings. The number of nitrogens with zero attached hydrogens (tertiary/aromatic N) is 1. The number of carbonyl (C=O) groups excluding carboxylic acids is 2. The highest BCUT2D eigenvalue weighted by Gasteiger charge is 2.18. The zero-order valence-electron chi connectivity index (χ0n) is 16.6. The Kier molecular flexibility index (Phi) is 7.69. The van der Waals surface area contributed by atoms with Gasteiger partial charge in [0.25, 0.3) is 5.91 Å². The number of hydrogen-bond donors (Lipinski definition) is 2. The summed E-state index contributed by atoms with van der Waals surface area (Å²) >= 11 is 0. The van der Waals surface area contributed by atoms with Crippen LogP contribution < -0.4 is 9.88 Å². The average Bonchev–Trinajstić information content (AvgIpc) is 2.79. The molecule has 3 aromatic rings. The first-order chi connectivity index (χ1) is 14.6. The van der Waals surface area contributed by atoms with E-state index >= 15 is 0 Å². The van der Waals surface area contributed by atoms with E-state index in [-0.39, 0.29) is 25.7 Å². The van der Waals surface area contributed by atoms with Gasteiger partial charge in [-0.1, -0.05) is 60.7 Å².